The molecular weight excluding hydrogens is 406 g/mol. The van der Waals surface area contributed by atoms with Crippen molar-refractivity contribution in [2.75, 3.05) is 4.90 Å². The van der Waals surface area contributed by atoms with Crippen LogP contribution in [0.2, 0.25) is 0 Å². The summed E-state index contributed by atoms with van der Waals surface area (Å²) >= 11 is 0. The first-order valence-corrected chi connectivity index (χ1v) is 9.40. The highest BCUT2D eigenvalue weighted by atomic mass is 16.6. The van der Waals surface area contributed by atoms with Gasteiger partial charge in [-0.05, 0) is 59.2 Å². The van der Waals surface area contributed by atoms with Gasteiger partial charge in [-0.3, -0.25) is 10.7 Å². The Morgan fingerprint density at radius 1 is 1.16 bits per heavy atom. The van der Waals surface area contributed by atoms with Crippen LogP contribution < -0.4 is 10.2 Å². The highest BCUT2D eigenvalue weighted by Gasteiger charge is 2.29. The predicted octanol–water partition coefficient (Wildman–Crippen LogP) is 2.48. The van der Waals surface area contributed by atoms with Gasteiger partial charge in [0.2, 0.25) is 11.8 Å². The highest BCUT2D eigenvalue weighted by Crippen LogP contribution is 2.25. The highest BCUT2D eigenvalue weighted by molar-refractivity contribution is 6.16. The van der Waals surface area contributed by atoms with E-state index in [9.17, 15) is 14.7 Å². The lowest BCUT2D eigenvalue weighted by Crippen LogP contribution is -2.49. The molecule has 1 heterocycles. The molecule has 0 spiro atoms. The number of anilines is 1. The van der Waals surface area contributed by atoms with Gasteiger partial charge in [0.25, 0.3) is 0 Å². The molecule has 2 aromatic rings. The molecule has 0 bridgehead atoms. The van der Waals surface area contributed by atoms with Gasteiger partial charge in [-0.1, -0.05) is 17.3 Å². The number of amides is 2. The number of nitrogens with one attached hydrogen (secondary N) is 3. The number of aliphatic hydroxyl groups excluding tert-OH is 1. The van der Waals surface area contributed by atoms with Crippen molar-refractivity contribution in [2.24, 2.45) is 0 Å². The quantitative estimate of drug-likeness (QED) is 0.423. The number of benzene rings is 1. The van der Waals surface area contributed by atoms with Crippen LogP contribution in [0.25, 0.3) is 0 Å². The molecule has 0 fully saturated rings. The Bertz CT molecular complexity index is 932. The number of alkyl carbamates (subject to hydrolysis) is 1. The summed E-state index contributed by atoms with van der Waals surface area (Å²) in [6.07, 6.45) is -3.04. The van der Waals surface area contributed by atoms with Crippen LogP contribution in [0.3, 0.4) is 0 Å². The summed E-state index contributed by atoms with van der Waals surface area (Å²) in [7, 11) is 0. The predicted molar refractivity (Wildman–Crippen MR) is 110 cm³/mol. The number of aromatic amines is 1. The molecule has 4 N–H and O–H groups in total. The lowest BCUT2D eigenvalue weighted by Gasteiger charge is -2.28. The molecule has 0 radical (unpaired) electrons. The Labute approximate surface area is 179 Å². The van der Waals surface area contributed by atoms with Crippen molar-refractivity contribution in [1.29, 1.82) is 5.41 Å². The Kier molecular flexibility index (Phi) is 6.95. The monoisotopic (exact) mass is 433 g/mol. The molecule has 1 unspecified atom stereocenters. The van der Waals surface area contributed by atoms with E-state index in [0.29, 0.717) is 5.56 Å². The fraction of sp³-hybridized carbons (Fsp3) is 0.474. The molecule has 2 amide bonds. The van der Waals surface area contributed by atoms with E-state index in [1.165, 1.54) is 12.1 Å². The van der Waals surface area contributed by atoms with Crippen LogP contribution in [-0.2, 0) is 9.47 Å². The largest absolute Gasteiger partial charge is 0.444 e. The first-order valence-electron chi connectivity index (χ1n) is 9.40. The van der Waals surface area contributed by atoms with Crippen LogP contribution >= 0.6 is 0 Å². The number of carbonyl (C=O) groups is 2. The van der Waals surface area contributed by atoms with E-state index in [1.54, 1.807) is 53.7 Å². The maximum Gasteiger partial charge on any atom is 0.421 e. The summed E-state index contributed by atoms with van der Waals surface area (Å²) in [5, 5.41) is 34.1. The summed E-state index contributed by atoms with van der Waals surface area (Å²) in [6, 6.07) is 6.10. The van der Waals surface area contributed by atoms with Crippen LogP contribution in [-0.4, -0.2) is 55.1 Å². The molecule has 168 valence electrons. The molecule has 1 aromatic carbocycles. The fourth-order valence-corrected chi connectivity index (χ4v) is 2.36. The third-order valence-electron chi connectivity index (χ3n) is 3.47. The molecule has 31 heavy (non-hydrogen) atoms. The number of nitrogens with zero attached hydrogens (tertiary/aromatic N) is 4. The van der Waals surface area contributed by atoms with Crippen molar-refractivity contribution in [3.63, 3.8) is 0 Å². The van der Waals surface area contributed by atoms with Crippen LogP contribution in [0.15, 0.2) is 24.3 Å². The number of tetrazole rings is 1. The molecule has 0 aliphatic rings. The minimum Gasteiger partial charge on any atom is -0.444 e. The number of hydrogen-bond donors (Lipinski definition) is 4. The van der Waals surface area contributed by atoms with Gasteiger partial charge in [-0.2, -0.15) is 5.21 Å². The zero-order valence-corrected chi connectivity index (χ0v) is 18.3. The van der Waals surface area contributed by atoms with Gasteiger partial charge in [0.05, 0.1) is 5.69 Å². The summed E-state index contributed by atoms with van der Waals surface area (Å²) in [5.41, 5.74) is -1.16. The Hall–Kier alpha value is -3.54. The van der Waals surface area contributed by atoms with Crippen molar-refractivity contribution < 1.29 is 24.2 Å². The van der Waals surface area contributed by atoms with E-state index in [0.717, 1.165) is 4.90 Å². The number of aliphatic hydroxyl groups is 1. The summed E-state index contributed by atoms with van der Waals surface area (Å²) in [5.74, 6) is -0.558. The minimum absolute atomic E-state index is 0.0305. The van der Waals surface area contributed by atoms with Crippen molar-refractivity contribution in [3.8, 4) is 0 Å². The second kappa shape index (κ2) is 9.08. The number of rotatable bonds is 3. The molecule has 1 atom stereocenters. The van der Waals surface area contributed by atoms with Crippen LogP contribution in [0.1, 0.15) is 59.0 Å². The van der Waals surface area contributed by atoms with Crippen LogP contribution in [0.5, 0.6) is 0 Å². The molecule has 0 saturated heterocycles. The molecule has 12 heteroatoms. The third kappa shape index (κ3) is 7.03. The number of H-pyrrole nitrogens is 1. The van der Waals surface area contributed by atoms with Gasteiger partial charge >= 0.3 is 12.2 Å². The number of guanidine groups is 1. The number of ether oxygens (including phenoxy) is 2. The Balaban J connectivity index is 2.36. The number of hydrogen-bond acceptors (Lipinski definition) is 9. The molecule has 12 nitrogen and oxygen atoms in total. The normalized spacial score (nSPS) is 12.6. The summed E-state index contributed by atoms with van der Waals surface area (Å²) < 4.78 is 10.5. The van der Waals surface area contributed by atoms with E-state index in [4.69, 9.17) is 14.9 Å². The SMILES string of the molecule is CC(C)(C)OC(=O)NC(=N)N(C(=O)OC(C)(C)C)c1cccc(C(O)c2nn[nH]n2)c1. The van der Waals surface area contributed by atoms with Crippen LogP contribution in [0.4, 0.5) is 15.3 Å². The average Bonchev–Trinajstić information content (AvgIpc) is 3.12. The first kappa shape index (κ1) is 23.7. The molecule has 0 saturated carbocycles. The van der Waals surface area contributed by atoms with Gasteiger partial charge in [0.1, 0.15) is 17.3 Å². The fourth-order valence-electron chi connectivity index (χ4n) is 2.36. The molecule has 1 aromatic heterocycles. The van der Waals surface area contributed by atoms with E-state index in [2.05, 4.69) is 25.9 Å². The zero-order chi connectivity index (χ0) is 23.4. The Morgan fingerprint density at radius 3 is 2.35 bits per heavy atom. The number of carbonyl (C=O) groups excluding carboxylic acids is 2. The smallest absolute Gasteiger partial charge is 0.421 e. The van der Waals surface area contributed by atoms with Gasteiger partial charge in [0.15, 0.2) is 0 Å². The first-order chi connectivity index (χ1) is 14.3. The summed E-state index contributed by atoms with van der Waals surface area (Å²) in [6.45, 7) is 10.0. The van der Waals surface area contributed by atoms with Crippen LogP contribution in [0, 0.1) is 5.41 Å². The second-order valence-corrected chi connectivity index (χ2v) is 8.56. The van der Waals surface area contributed by atoms with Crippen molar-refractivity contribution >= 4 is 23.8 Å². The molecule has 0 aliphatic carbocycles. The molecule has 2 rings (SSSR count). The summed E-state index contributed by atoms with van der Waals surface area (Å²) in [4.78, 5) is 25.8. The van der Waals surface area contributed by atoms with E-state index >= 15 is 0 Å². The third-order valence-corrected chi connectivity index (χ3v) is 3.47. The molecular formula is C19H27N7O5. The van der Waals surface area contributed by atoms with E-state index in [-0.39, 0.29) is 11.5 Å². The lowest BCUT2D eigenvalue weighted by molar-refractivity contribution is 0.0559. The van der Waals surface area contributed by atoms with Gasteiger partial charge in [-0.25, -0.2) is 14.5 Å². The van der Waals surface area contributed by atoms with E-state index < -0.39 is 35.5 Å². The van der Waals surface area contributed by atoms with Crippen molar-refractivity contribution in [1.82, 2.24) is 25.9 Å². The van der Waals surface area contributed by atoms with Crippen molar-refractivity contribution in [3.05, 3.63) is 35.7 Å². The maximum absolute atomic E-state index is 12.8. The maximum atomic E-state index is 12.8. The second-order valence-electron chi connectivity index (χ2n) is 8.56. The van der Waals surface area contributed by atoms with Crippen molar-refractivity contribution in [2.45, 2.75) is 58.8 Å². The average molecular weight is 433 g/mol. The standard InChI is InChI=1S/C19H27N7O5/c1-18(2,3)30-16(28)21-15(20)26(17(29)31-19(4,5)6)12-9-7-8-11(10-12)13(27)14-22-24-25-23-14/h7-10,13,27H,1-6H3,(H2,20,21,28)(H,22,23,24,25). The van der Waals surface area contributed by atoms with Gasteiger partial charge in [-0.15, -0.1) is 10.2 Å². The van der Waals surface area contributed by atoms with Gasteiger partial charge < -0.3 is 14.6 Å². The zero-order valence-electron chi connectivity index (χ0n) is 18.3. The Morgan fingerprint density at radius 2 is 1.81 bits per heavy atom. The topological polar surface area (TPSA) is 166 Å². The van der Waals surface area contributed by atoms with Gasteiger partial charge in [0, 0.05) is 0 Å². The lowest BCUT2D eigenvalue weighted by atomic mass is 10.1. The van der Waals surface area contributed by atoms with E-state index in [1.807, 2.05) is 0 Å². The minimum atomic E-state index is -1.23. The molecule has 0 aliphatic heterocycles. The number of aromatic nitrogens is 4.